The van der Waals surface area contributed by atoms with Crippen LogP contribution < -0.4 is 10.1 Å². The Bertz CT molecular complexity index is 412. The van der Waals surface area contributed by atoms with Crippen LogP contribution in [0, 0.1) is 5.82 Å². The van der Waals surface area contributed by atoms with Crippen molar-refractivity contribution in [1.29, 1.82) is 0 Å². The molecule has 1 aliphatic carbocycles. The Labute approximate surface area is 124 Å². The van der Waals surface area contributed by atoms with Crippen molar-refractivity contribution in [1.82, 2.24) is 5.32 Å². The first-order valence-electron chi connectivity index (χ1n) is 7.63. The van der Waals surface area contributed by atoms with E-state index in [0.29, 0.717) is 12.3 Å². The first-order valence-corrected chi connectivity index (χ1v) is 7.63. The number of halogens is 1. The fourth-order valence-electron chi connectivity index (χ4n) is 2.60. The summed E-state index contributed by atoms with van der Waals surface area (Å²) < 4.78 is 18.1. The molecular weight excluding hydrogens is 273 g/mol. The molecule has 21 heavy (non-hydrogen) atoms. The van der Waals surface area contributed by atoms with Crippen molar-refractivity contribution >= 4 is 0 Å². The fourth-order valence-corrected chi connectivity index (χ4v) is 2.60. The van der Waals surface area contributed by atoms with E-state index in [0.717, 1.165) is 32.1 Å². The molecule has 118 valence electrons. The summed E-state index contributed by atoms with van der Waals surface area (Å²) in [6.45, 7) is 0.518. The average molecular weight is 297 g/mol. The third-order valence-electron chi connectivity index (χ3n) is 3.85. The molecule has 0 spiro atoms. The van der Waals surface area contributed by atoms with Crippen LogP contribution >= 0.6 is 0 Å². The lowest BCUT2D eigenvalue weighted by Crippen LogP contribution is -2.44. The molecule has 3 atom stereocenters. The molecular formula is C16H24FNO3. The minimum atomic E-state index is -0.662. The Kier molecular flexibility index (Phi) is 6.42. The summed E-state index contributed by atoms with van der Waals surface area (Å²) >= 11 is 0. The summed E-state index contributed by atoms with van der Waals surface area (Å²) in [7, 11) is 0. The van der Waals surface area contributed by atoms with Gasteiger partial charge in [0, 0.05) is 12.6 Å². The van der Waals surface area contributed by atoms with Crippen LogP contribution in [0.5, 0.6) is 5.75 Å². The number of nitrogens with one attached hydrogen (secondary N) is 1. The molecule has 1 fully saturated rings. The van der Waals surface area contributed by atoms with Crippen molar-refractivity contribution in [2.24, 2.45) is 0 Å². The van der Waals surface area contributed by atoms with Gasteiger partial charge in [0.15, 0.2) is 0 Å². The number of ether oxygens (including phenoxy) is 1. The molecule has 4 nitrogen and oxygen atoms in total. The van der Waals surface area contributed by atoms with Crippen LogP contribution in [0.25, 0.3) is 0 Å². The van der Waals surface area contributed by atoms with E-state index >= 15 is 0 Å². The highest BCUT2D eigenvalue weighted by Gasteiger charge is 2.21. The second-order valence-corrected chi connectivity index (χ2v) is 5.64. The Morgan fingerprint density at radius 3 is 2.67 bits per heavy atom. The molecule has 0 aromatic heterocycles. The Morgan fingerprint density at radius 2 is 1.90 bits per heavy atom. The van der Waals surface area contributed by atoms with E-state index in [1.54, 1.807) is 0 Å². The predicted octanol–water partition coefficient (Wildman–Crippen LogP) is 1.85. The lowest BCUT2D eigenvalue weighted by molar-refractivity contribution is 0.0820. The lowest BCUT2D eigenvalue weighted by atomic mass is 10.1. The van der Waals surface area contributed by atoms with Gasteiger partial charge in [-0.1, -0.05) is 19.3 Å². The van der Waals surface area contributed by atoms with E-state index in [1.807, 2.05) is 0 Å². The van der Waals surface area contributed by atoms with E-state index in [-0.39, 0.29) is 24.6 Å². The third kappa shape index (κ3) is 5.61. The topological polar surface area (TPSA) is 61.7 Å². The SMILES string of the molecule is OC(CNC1CCCCCC1O)COc1ccc(F)cc1. The number of hydrogen-bond acceptors (Lipinski definition) is 4. The Morgan fingerprint density at radius 1 is 1.19 bits per heavy atom. The highest BCUT2D eigenvalue weighted by Crippen LogP contribution is 2.18. The molecule has 0 saturated heterocycles. The summed E-state index contributed by atoms with van der Waals surface area (Å²) in [5, 5.41) is 23.1. The van der Waals surface area contributed by atoms with E-state index in [9.17, 15) is 14.6 Å². The van der Waals surface area contributed by atoms with Gasteiger partial charge < -0.3 is 20.3 Å². The molecule has 1 aliphatic rings. The molecule has 1 aromatic rings. The number of aliphatic hydroxyl groups excluding tert-OH is 2. The second-order valence-electron chi connectivity index (χ2n) is 5.64. The van der Waals surface area contributed by atoms with E-state index < -0.39 is 6.10 Å². The summed E-state index contributed by atoms with van der Waals surface area (Å²) in [5.74, 6) is 0.219. The van der Waals surface area contributed by atoms with E-state index in [2.05, 4.69) is 5.32 Å². The zero-order chi connectivity index (χ0) is 15.1. The minimum absolute atomic E-state index is 0.0490. The van der Waals surface area contributed by atoms with Gasteiger partial charge in [-0.25, -0.2) is 4.39 Å². The minimum Gasteiger partial charge on any atom is -0.491 e. The van der Waals surface area contributed by atoms with Crippen LogP contribution in [0.2, 0.25) is 0 Å². The normalized spacial score (nSPS) is 24.3. The van der Waals surface area contributed by atoms with Gasteiger partial charge in [-0.2, -0.15) is 0 Å². The van der Waals surface area contributed by atoms with Gasteiger partial charge >= 0.3 is 0 Å². The maximum atomic E-state index is 12.7. The summed E-state index contributed by atoms with van der Waals surface area (Å²) in [6.07, 6.45) is 4.09. The molecule has 0 amide bonds. The highest BCUT2D eigenvalue weighted by atomic mass is 19.1. The molecule has 0 radical (unpaired) electrons. The van der Waals surface area contributed by atoms with Crippen molar-refractivity contribution in [3.8, 4) is 5.75 Å². The molecule has 1 saturated carbocycles. The van der Waals surface area contributed by atoms with Gasteiger partial charge in [-0.05, 0) is 37.1 Å². The van der Waals surface area contributed by atoms with Gasteiger partial charge in [0.1, 0.15) is 24.3 Å². The standard InChI is InChI=1S/C16H24FNO3/c17-12-6-8-14(9-7-12)21-11-13(19)10-18-15-4-2-1-3-5-16(15)20/h6-9,13,15-16,18-20H,1-5,10-11H2. The van der Waals surface area contributed by atoms with Crippen LogP contribution in [0.3, 0.4) is 0 Å². The maximum absolute atomic E-state index is 12.7. The van der Waals surface area contributed by atoms with Gasteiger partial charge in [0.05, 0.1) is 6.10 Å². The lowest BCUT2D eigenvalue weighted by Gasteiger charge is -2.23. The number of rotatable bonds is 6. The quantitative estimate of drug-likeness (QED) is 0.701. The van der Waals surface area contributed by atoms with E-state index in [4.69, 9.17) is 4.74 Å². The molecule has 3 unspecified atom stereocenters. The smallest absolute Gasteiger partial charge is 0.123 e. The van der Waals surface area contributed by atoms with Gasteiger partial charge in [0.2, 0.25) is 0 Å². The summed E-state index contributed by atoms with van der Waals surface area (Å²) in [6, 6.07) is 5.76. The number of hydrogen-bond donors (Lipinski definition) is 3. The summed E-state index contributed by atoms with van der Waals surface area (Å²) in [4.78, 5) is 0. The average Bonchev–Trinajstić information content (AvgIpc) is 2.69. The number of benzene rings is 1. The molecule has 5 heteroatoms. The number of aliphatic hydroxyl groups is 2. The van der Waals surface area contributed by atoms with Crippen LogP contribution in [0.1, 0.15) is 32.1 Å². The third-order valence-corrected chi connectivity index (χ3v) is 3.85. The van der Waals surface area contributed by atoms with Crippen molar-refractivity contribution in [3.63, 3.8) is 0 Å². The summed E-state index contributed by atoms with van der Waals surface area (Å²) in [5.41, 5.74) is 0. The molecule has 0 aliphatic heterocycles. The van der Waals surface area contributed by atoms with Crippen molar-refractivity contribution < 1.29 is 19.3 Å². The zero-order valence-corrected chi connectivity index (χ0v) is 12.2. The van der Waals surface area contributed by atoms with Crippen molar-refractivity contribution in [2.75, 3.05) is 13.2 Å². The Balaban J connectivity index is 1.69. The first kappa shape index (κ1) is 16.2. The predicted molar refractivity (Wildman–Crippen MR) is 78.8 cm³/mol. The highest BCUT2D eigenvalue weighted by molar-refractivity contribution is 5.22. The molecule has 2 rings (SSSR count). The Hall–Kier alpha value is -1.17. The maximum Gasteiger partial charge on any atom is 0.123 e. The molecule has 0 heterocycles. The van der Waals surface area contributed by atoms with Crippen LogP contribution in [0.4, 0.5) is 4.39 Å². The van der Waals surface area contributed by atoms with Gasteiger partial charge in [-0.15, -0.1) is 0 Å². The van der Waals surface area contributed by atoms with Crippen LogP contribution in [0.15, 0.2) is 24.3 Å². The van der Waals surface area contributed by atoms with Crippen LogP contribution in [-0.4, -0.2) is 41.6 Å². The largest absolute Gasteiger partial charge is 0.491 e. The monoisotopic (exact) mass is 297 g/mol. The first-order chi connectivity index (χ1) is 10.1. The van der Waals surface area contributed by atoms with Crippen LogP contribution in [-0.2, 0) is 0 Å². The molecule has 0 bridgehead atoms. The van der Waals surface area contributed by atoms with Gasteiger partial charge in [0.25, 0.3) is 0 Å². The second kappa shape index (κ2) is 8.32. The fraction of sp³-hybridized carbons (Fsp3) is 0.625. The molecule has 3 N–H and O–H groups in total. The van der Waals surface area contributed by atoms with Crippen molar-refractivity contribution in [3.05, 3.63) is 30.1 Å². The molecule has 1 aromatic carbocycles. The van der Waals surface area contributed by atoms with Gasteiger partial charge in [-0.3, -0.25) is 0 Å². The van der Waals surface area contributed by atoms with Crippen molar-refractivity contribution in [2.45, 2.75) is 50.4 Å². The van der Waals surface area contributed by atoms with E-state index in [1.165, 1.54) is 24.3 Å². The zero-order valence-electron chi connectivity index (χ0n) is 12.2.